The van der Waals surface area contributed by atoms with E-state index in [1.807, 2.05) is 26.8 Å². The first kappa shape index (κ1) is 21.7. The molecule has 0 radical (unpaired) electrons. The molecule has 6 nitrogen and oxygen atoms in total. The molecule has 30 heavy (non-hydrogen) atoms. The van der Waals surface area contributed by atoms with Crippen molar-refractivity contribution in [2.24, 2.45) is 0 Å². The lowest BCUT2D eigenvalue weighted by Gasteiger charge is -2.37. The Morgan fingerprint density at radius 2 is 1.67 bits per heavy atom. The number of pyridine rings is 1. The Hall–Kier alpha value is -2.97. The van der Waals surface area contributed by atoms with Gasteiger partial charge in [0.15, 0.2) is 5.82 Å². The standard InChI is InChI=1S/C21H25F3N4O2/c1-20(2,3)30-19(29)28-13-11-27(12-14-28)17-5-4-10-25-18(17)26-16-8-6-15(7-9-16)21(22,23)24/h4-10H,11-14H2,1-3H3,(H,25,26). The van der Waals surface area contributed by atoms with Gasteiger partial charge in [-0.05, 0) is 57.2 Å². The number of nitrogens with one attached hydrogen (secondary N) is 1. The number of amides is 1. The zero-order valence-electron chi connectivity index (χ0n) is 17.2. The van der Waals surface area contributed by atoms with Crippen molar-refractivity contribution < 1.29 is 22.7 Å². The fraction of sp³-hybridized carbons (Fsp3) is 0.429. The second-order valence-corrected chi connectivity index (χ2v) is 8.03. The van der Waals surface area contributed by atoms with E-state index < -0.39 is 17.3 Å². The Labute approximate surface area is 173 Å². The molecule has 2 heterocycles. The average Bonchev–Trinajstić information content (AvgIpc) is 2.67. The van der Waals surface area contributed by atoms with Gasteiger partial charge in [0.2, 0.25) is 0 Å². The van der Waals surface area contributed by atoms with Gasteiger partial charge in [0.05, 0.1) is 11.3 Å². The van der Waals surface area contributed by atoms with Crippen LogP contribution in [0.2, 0.25) is 0 Å². The number of ether oxygens (including phenoxy) is 1. The van der Waals surface area contributed by atoms with E-state index in [1.54, 1.807) is 17.2 Å². The summed E-state index contributed by atoms with van der Waals surface area (Å²) < 4.78 is 43.7. The second kappa shape index (κ2) is 8.41. The van der Waals surface area contributed by atoms with Gasteiger partial charge in [0, 0.05) is 38.1 Å². The van der Waals surface area contributed by atoms with E-state index in [9.17, 15) is 18.0 Å². The van der Waals surface area contributed by atoms with Gasteiger partial charge < -0.3 is 19.9 Å². The molecule has 1 aliphatic rings. The van der Waals surface area contributed by atoms with Crippen LogP contribution in [-0.4, -0.2) is 47.8 Å². The summed E-state index contributed by atoms with van der Waals surface area (Å²) in [5.41, 5.74) is 0.0835. The maximum absolute atomic E-state index is 12.8. The van der Waals surface area contributed by atoms with Gasteiger partial charge in [-0.3, -0.25) is 0 Å². The van der Waals surface area contributed by atoms with E-state index >= 15 is 0 Å². The lowest BCUT2D eigenvalue weighted by molar-refractivity contribution is -0.137. The molecular weight excluding hydrogens is 397 g/mol. The highest BCUT2D eigenvalue weighted by Gasteiger charge is 2.30. The molecule has 0 aliphatic carbocycles. The van der Waals surface area contributed by atoms with Crippen molar-refractivity contribution in [3.05, 3.63) is 48.2 Å². The summed E-state index contributed by atoms with van der Waals surface area (Å²) in [6.45, 7) is 7.67. The molecule has 0 unspecified atom stereocenters. The quantitative estimate of drug-likeness (QED) is 0.762. The summed E-state index contributed by atoms with van der Waals surface area (Å²) in [6.07, 6.45) is -3.09. The number of nitrogens with zero attached hydrogens (tertiary/aromatic N) is 3. The van der Waals surface area contributed by atoms with Crippen molar-refractivity contribution in [3.8, 4) is 0 Å². The normalized spacial score (nSPS) is 15.1. The molecule has 0 spiro atoms. The lowest BCUT2D eigenvalue weighted by Crippen LogP contribution is -2.50. The first-order chi connectivity index (χ1) is 14.0. The van der Waals surface area contributed by atoms with Crippen LogP contribution in [0, 0.1) is 0 Å². The first-order valence-corrected chi connectivity index (χ1v) is 9.65. The summed E-state index contributed by atoms with van der Waals surface area (Å²) in [5.74, 6) is 0.544. The number of halogens is 3. The van der Waals surface area contributed by atoms with Gasteiger partial charge in [-0.15, -0.1) is 0 Å². The maximum atomic E-state index is 12.8. The molecule has 1 N–H and O–H groups in total. The molecule has 1 saturated heterocycles. The number of hydrogen-bond donors (Lipinski definition) is 1. The first-order valence-electron chi connectivity index (χ1n) is 9.65. The average molecular weight is 422 g/mol. The predicted molar refractivity (Wildman–Crippen MR) is 109 cm³/mol. The van der Waals surface area contributed by atoms with Gasteiger partial charge >= 0.3 is 12.3 Å². The molecule has 0 atom stereocenters. The zero-order valence-corrected chi connectivity index (χ0v) is 17.2. The third-order valence-corrected chi connectivity index (χ3v) is 4.53. The number of rotatable bonds is 3. The van der Waals surface area contributed by atoms with Gasteiger partial charge in [-0.25, -0.2) is 9.78 Å². The number of anilines is 3. The van der Waals surface area contributed by atoms with Gasteiger partial charge in [0.25, 0.3) is 0 Å². The topological polar surface area (TPSA) is 57.7 Å². The minimum absolute atomic E-state index is 0.337. The van der Waals surface area contributed by atoms with Crippen molar-refractivity contribution in [2.45, 2.75) is 32.5 Å². The third kappa shape index (κ3) is 5.55. The van der Waals surface area contributed by atoms with E-state index in [2.05, 4.69) is 15.2 Å². The Kier molecular flexibility index (Phi) is 6.09. The molecule has 9 heteroatoms. The molecule has 1 fully saturated rings. The Morgan fingerprint density at radius 1 is 1.03 bits per heavy atom. The van der Waals surface area contributed by atoms with Crippen molar-refractivity contribution >= 4 is 23.3 Å². The smallest absolute Gasteiger partial charge is 0.416 e. The Balaban J connectivity index is 1.67. The van der Waals surface area contributed by atoms with Crippen molar-refractivity contribution in [1.82, 2.24) is 9.88 Å². The van der Waals surface area contributed by atoms with E-state index in [0.717, 1.165) is 17.8 Å². The van der Waals surface area contributed by atoms with Gasteiger partial charge in [-0.1, -0.05) is 0 Å². The van der Waals surface area contributed by atoms with E-state index in [0.29, 0.717) is 37.7 Å². The minimum atomic E-state index is -4.37. The number of aromatic nitrogens is 1. The number of hydrogen-bond acceptors (Lipinski definition) is 5. The summed E-state index contributed by atoms with van der Waals surface area (Å²) >= 11 is 0. The van der Waals surface area contributed by atoms with Crippen LogP contribution in [0.3, 0.4) is 0 Å². The highest BCUT2D eigenvalue weighted by atomic mass is 19.4. The van der Waals surface area contributed by atoms with Crippen LogP contribution in [0.1, 0.15) is 26.3 Å². The molecule has 1 aromatic heterocycles. The molecule has 162 valence electrons. The summed E-state index contributed by atoms with van der Waals surface area (Å²) in [7, 11) is 0. The summed E-state index contributed by atoms with van der Waals surface area (Å²) in [6, 6.07) is 8.51. The predicted octanol–water partition coefficient (Wildman–Crippen LogP) is 4.90. The molecule has 1 amide bonds. The Morgan fingerprint density at radius 3 is 2.23 bits per heavy atom. The molecule has 0 saturated carbocycles. The van der Waals surface area contributed by atoms with Gasteiger partial charge in [-0.2, -0.15) is 13.2 Å². The lowest BCUT2D eigenvalue weighted by atomic mass is 10.2. The molecule has 2 aromatic rings. The molecule has 1 aliphatic heterocycles. The van der Waals surface area contributed by atoms with Crippen LogP contribution < -0.4 is 10.2 Å². The summed E-state index contributed by atoms with van der Waals surface area (Å²) in [5, 5.41) is 3.09. The molecular formula is C21H25F3N4O2. The SMILES string of the molecule is CC(C)(C)OC(=O)N1CCN(c2cccnc2Nc2ccc(C(F)(F)F)cc2)CC1. The van der Waals surface area contributed by atoms with Crippen molar-refractivity contribution in [1.29, 1.82) is 0 Å². The molecule has 3 rings (SSSR count). The number of benzene rings is 1. The third-order valence-electron chi connectivity index (χ3n) is 4.53. The number of piperazine rings is 1. The maximum Gasteiger partial charge on any atom is 0.416 e. The molecule has 1 aromatic carbocycles. The zero-order chi connectivity index (χ0) is 21.9. The van der Waals surface area contributed by atoms with Crippen LogP contribution in [0.25, 0.3) is 0 Å². The van der Waals surface area contributed by atoms with Crippen LogP contribution in [0.4, 0.5) is 35.2 Å². The molecule has 0 bridgehead atoms. The van der Waals surface area contributed by atoms with Crippen LogP contribution >= 0.6 is 0 Å². The highest BCUT2D eigenvalue weighted by molar-refractivity contribution is 5.73. The minimum Gasteiger partial charge on any atom is -0.444 e. The highest BCUT2D eigenvalue weighted by Crippen LogP contribution is 2.32. The summed E-state index contributed by atoms with van der Waals surface area (Å²) in [4.78, 5) is 20.3. The van der Waals surface area contributed by atoms with Crippen LogP contribution in [0.15, 0.2) is 42.6 Å². The number of carbonyl (C=O) groups is 1. The Bertz CT molecular complexity index is 871. The van der Waals surface area contributed by atoms with E-state index in [1.165, 1.54) is 12.1 Å². The number of carbonyl (C=O) groups excluding carboxylic acids is 1. The largest absolute Gasteiger partial charge is 0.444 e. The fourth-order valence-electron chi connectivity index (χ4n) is 3.08. The fourth-order valence-corrected chi connectivity index (χ4v) is 3.08. The van der Waals surface area contributed by atoms with E-state index in [4.69, 9.17) is 4.74 Å². The second-order valence-electron chi connectivity index (χ2n) is 8.03. The van der Waals surface area contributed by atoms with Crippen LogP contribution in [0.5, 0.6) is 0 Å². The van der Waals surface area contributed by atoms with Crippen molar-refractivity contribution in [2.75, 3.05) is 36.4 Å². The monoisotopic (exact) mass is 422 g/mol. The van der Waals surface area contributed by atoms with Crippen LogP contribution in [-0.2, 0) is 10.9 Å². The van der Waals surface area contributed by atoms with E-state index in [-0.39, 0.29) is 6.09 Å². The number of alkyl halides is 3. The van der Waals surface area contributed by atoms with Crippen molar-refractivity contribution in [3.63, 3.8) is 0 Å². The van der Waals surface area contributed by atoms with Gasteiger partial charge in [0.1, 0.15) is 5.60 Å².